The molecule has 0 fully saturated rings. The lowest BCUT2D eigenvalue weighted by molar-refractivity contribution is 0.507. The van der Waals surface area contributed by atoms with Crippen LogP contribution < -0.4 is 10.4 Å². The van der Waals surface area contributed by atoms with E-state index in [1.165, 1.54) is 38.7 Å². The lowest BCUT2D eigenvalue weighted by Gasteiger charge is -2.41. The molecule has 2 aromatic carbocycles. The van der Waals surface area contributed by atoms with Crippen molar-refractivity contribution in [2.45, 2.75) is 126 Å². The Morgan fingerprint density at radius 3 is 1.35 bits per heavy atom. The largest absolute Gasteiger partial charge is 0.263 e. The first-order valence-corrected chi connectivity index (χ1v) is 15.5. The second-order valence-electron chi connectivity index (χ2n) is 15.3. The van der Waals surface area contributed by atoms with E-state index in [2.05, 4.69) is 152 Å². The molecule has 208 valence electrons. The highest BCUT2D eigenvalue weighted by Crippen LogP contribution is 2.55. The Balaban J connectivity index is 3.31. The molecule has 0 heterocycles. The van der Waals surface area contributed by atoms with Crippen molar-refractivity contribution in [2.75, 3.05) is 14.1 Å². The zero-order chi connectivity index (χ0) is 28.9. The van der Waals surface area contributed by atoms with Crippen LogP contribution in [0, 0.1) is 20.8 Å². The SMILES string of the molecule is Cc1cc(C)c(P(=Nc2c(C(C)(C)C)cc(C(C)(C)C)cc2C(C)(C)C)(NC(C)(C)C)N(C)C)c(C)c1. The van der Waals surface area contributed by atoms with E-state index in [0.29, 0.717) is 0 Å². The molecule has 1 unspecified atom stereocenters. The Bertz CT molecular complexity index is 1130. The van der Waals surface area contributed by atoms with Crippen LogP contribution in [0.15, 0.2) is 29.0 Å². The average Bonchev–Trinajstić information content (AvgIpc) is 2.62. The average molecular weight is 526 g/mol. The van der Waals surface area contributed by atoms with Crippen molar-refractivity contribution < 1.29 is 0 Å². The topological polar surface area (TPSA) is 27.6 Å². The van der Waals surface area contributed by atoms with Crippen LogP contribution in [-0.4, -0.2) is 24.3 Å². The molecule has 37 heavy (non-hydrogen) atoms. The fraction of sp³-hybridized carbons (Fsp3) is 0.636. The van der Waals surface area contributed by atoms with Gasteiger partial charge in [-0.3, -0.25) is 9.76 Å². The fourth-order valence-corrected chi connectivity index (χ4v) is 8.71. The fourth-order valence-electron chi connectivity index (χ4n) is 5.12. The quantitative estimate of drug-likeness (QED) is 0.403. The molecule has 0 aromatic heterocycles. The number of hydrogen-bond donors (Lipinski definition) is 1. The van der Waals surface area contributed by atoms with Crippen molar-refractivity contribution in [3.8, 4) is 0 Å². The monoisotopic (exact) mass is 525 g/mol. The molecule has 0 aliphatic carbocycles. The highest BCUT2D eigenvalue weighted by Gasteiger charge is 2.36. The summed E-state index contributed by atoms with van der Waals surface area (Å²) in [7, 11) is 2.00. The van der Waals surface area contributed by atoms with Gasteiger partial charge in [-0.05, 0) is 99.7 Å². The van der Waals surface area contributed by atoms with E-state index in [4.69, 9.17) is 4.74 Å². The maximum absolute atomic E-state index is 5.98. The summed E-state index contributed by atoms with van der Waals surface area (Å²) >= 11 is 0. The smallest absolute Gasteiger partial charge is 0.130 e. The minimum absolute atomic E-state index is 0.0544. The second-order valence-corrected chi connectivity index (χ2v) is 18.2. The minimum atomic E-state index is -2.40. The van der Waals surface area contributed by atoms with Crippen molar-refractivity contribution in [3.05, 3.63) is 57.6 Å². The maximum Gasteiger partial charge on any atom is 0.130 e. The Morgan fingerprint density at radius 2 is 1.05 bits per heavy atom. The molecular formula is C33H56N3P. The van der Waals surface area contributed by atoms with Gasteiger partial charge in [-0.2, -0.15) is 0 Å². The van der Waals surface area contributed by atoms with Gasteiger partial charge in [-0.15, -0.1) is 0 Å². The van der Waals surface area contributed by atoms with Crippen LogP contribution in [0.3, 0.4) is 0 Å². The molecule has 2 rings (SSSR count). The van der Waals surface area contributed by atoms with E-state index in [0.717, 1.165) is 5.69 Å². The third-order valence-corrected chi connectivity index (χ3v) is 10.8. The molecule has 0 saturated heterocycles. The Morgan fingerprint density at radius 1 is 0.649 bits per heavy atom. The predicted octanol–water partition coefficient (Wildman–Crippen LogP) is 9.44. The molecule has 0 spiro atoms. The van der Waals surface area contributed by atoms with Crippen molar-refractivity contribution in [1.29, 1.82) is 0 Å². The van der Waals surface area contributed by atoms with Gasteiger partial charge < -0.3 is 0 Å². The van der Waals surface area contributed by atoms with Gasteiger partial charge in [0, 0.05) is 10.8 Å². The lowest BCUT2D eigenvalue weighted by Crippen LogP contribution is -2.42. The molecule has 0 aliphatic rings. The summed E-state index contributed by atoms with van der Waals surface area (Å²) in [6.45, 7) is 34.4. The van der Waals surface area contributed by atoms with Gasteiger partial charge in [-0.1, -0.05) is 92.1 Å². The van der Waals surface area contributed by atoms with E-state index < -0.39 is 7.36 Å². The van der Waals surface area contributed by atoms with Gasteiger partial charge >= 0.3 is 0 Å². The summed E-state index contributed by atoms with van der Waals surface area (Å²) in [4.78, 5) is 0. The molecule has 2 aromatic rings. The summed E-state index contributed by atoms with van der Waals surface area (Å²) in [5.41, 5.74) is 8.92. The molecule has 0 radical (unpaired) electrons. The van der Waals surface area contributed by atoms with Gasteiger partial charge in [0.25, 0.3) is 0 Å². The molecule has 0 aliphatic heterocycles. The van der Waals surface area contributed by atoms with Crippen molar-refractivity contribution >= 4 is 18.3 Å². The first kappa shape index (κ1) is 31.8. The molecule has 1 N–H and O–H groups in total. The van der Waals surface area contributed by atoms with E-state index in [9.17, 15) is 0 Å². The van der Waals surface area contributed by atoms with Crippen molar-refractivity contribution in [2.24, 2.45) is 4.74 Å². The van der Waals surface area contributed by atoms with Crippen LogP contribution >= 0.6 is 7.36 Å². The van der Waals surface area contributed by atoms with E-state index in [-0.39, 0.29) is 21.8 Å². The van der Waals surface area contributed by atoms with Crippen LogP contribution in [0.1, 0.15) is 116 Å². The van der Waals surface area contributed by atoms with Gasteiger partial charge in [-0.25, -0.2) is 4.74 Å². The van der Waals surface area contributed by atoms with Crippen LogP contribution in [0.4, 0.5) is 5.69 Å². The zero-order valence-corrected chi connectivity index (χ0v) is 28.0. The number of rotatable bonds is 4. The Kier molecular flexibility index (Phi) is 8.84. The summed E-state index contributed by atoms with van der Waals surface area (Å²) in [5, 5.41) is 5.45. The van der Waals surface area contributed by atoms with Crippen LogP contribution in [0.5, 0.6) is 0 Å². The number of nitrogens with one attached hydrogen (secondary N) is 1. The van der Waals surface area contributed by atoms with Crippen LogP contribution in [0.2, 0.25) is 0 Å². The van der Waals surface area contributed by atoms with Crippen LogP contribution in [0.25, 0.3) is 0 Å². The molecule has 4 heteroatoms. The number of aryl methyl sites for hydroxylation is 3. The molecule has 0 amide bonds. The third-order valence-electron chi connectivity index (χ3n) is 6.85. The van der Waals surface area contributed by atoms with E-state index in [1.54, 1.807) is 0 Å². The first-order valence-electron chi connectivity index (χ1n) is 13.8. The summed E-state index contributed by atoms with van der Waals surface area (Å²) in [6, 6.07) is 9.51. The van der Waals surface area contributed by atoms with Crippen LogP contribution in [-0.2, 0) is 16.2 Å². The lowest BCUT2D eigenvalue weighted by atomic mass is 9.74. The minimum Gasteiger partial charge on any atom is -0.263 e. The summed E-state index contributed by atoms with van der Waals surface area (Å²) in [6.07, 6.45) is 0. The van der Waals surface area contributed by atoms with Gasteiger partial charge in [0.05, 0.1) is 5.69 Å². The first-order chi connectivity index (χ1) is 16.4. The number of nitrogens with zero attached hydrogens (tertiary/aromatic N) is 2. The zero-order valence-electron chi connectivity index (χ0n) is 27.2. The second kappa shape index (κ2) is 10.3. The molecule has 0 saturated carbocycles. The molecule has 3 nitrogen and oxygen atoms in total. The normalized spacial score (nSPS) is 15.2. The summed E-state index contributed by atoms with van der Waals surface area (Å²) < 4.78 is 8.35. The standard InChI is InChI=1S/C33H56N3P/c1-22-18-23(2)29(24(3)19-22)37(36(16)17,35-33(13,14)15)34-28-26(31(7,8)9)20-25(30(4,5)6)21-27(28)32(10,11)12/h18-21,35H,1-17H3. The highest BCUT2D eigenvalue weighted by atomic mass is 31.2. The molecule has 1 atom stereocenters. The van der Waals surface area contributed by atoms with Gasteiger partial charge in [0.15, 0.2) is 0 Å². The Hall–Kier alpha value is -1.41. The van der Waals surface area contributed by atoms with Crippen molar-refractivity contribution in [3.63, 3.8) is 0 Å². The third kappa shape index (κ3) is 7.17. The Labute approximate surface area is 230 Å². The number of benzene rings is 2. The predicted molar refractivity (Wildman–Crippen MR) is 168 cm³/mol. The van der Waals surface area contributed by atoms with Gasteiger partial charge in [0.2, 0.25) is 0 Å². The highest BCUT2D eigenvalue weighted by molar-refractivity contribution is 7.70. The van der Waals surface area contributed by atoms with E-state index in [1.807, 2.05) is 0 Å². The van der Waals surface area contributed by atoms with Gasteiger partial charge in [0.1, 0.15) is 7.36 Å². The van der Waals surface area contributed by atoms with Crippen molar-refractivity contribution in [1.82, 2.24) is 9.76 Å². The number of hydrogen-bond acceptors (Lipinski definition) is 1. The molecule has 0 bridgehead atoms. The maximum atomic E-state index is 5.98. The summed E-state index contributed by atoms with van der Waals surface area (Å²) in [5.74, 6) is 0. The van der Waals surface area contributed by atoms with E-state index >= 15 is 0 Å². The molecular weight excluding hydrogens is 469 g/mol.